The third-order valence-electron chi connectivity index (χ3n) is 1.76. The molecule has 0 saturated heterocycles. The summed E-state index contributed by atoms with van der Waals surface area (Å²) in [6.07, 6.45) is 0. The molecule has 0 spiro atoms. The number of rotatable bonds is 0. The Labute approximate surface area is 134 Å². The standard InChI is InChI=1S/2C6H6S2.Ni/c2*7-5-3-1-2-4-6(5)8;/h2*1-4,7-8H;/q;;+3. The summed E-state index contributed by atoms with van der Waals surface area (Å²) in [6.45, 7) is 0. The van der Waals surface area contributed by atoms with Crippen LogP contribution >= 0.6 is 50.5 Å². The molecule has 0 heterocycles. The van der Waals surface area contributed by atoms with E-state index >= 15 is 0 Å². The molecular weight excluding hydrogens is 331 g/mol. The average Bonchev–Trinajstić information content (AvgIpc) is 2.28. The number of benzene rings is 2. The molecule has 0 aromatic heterocycles. The fraction of sp³-hybridized carbons (Fsp3) is 0. The smallest absolute Gasteiger partial charge is 0.142 e. The number of hydrogen-bond acceptors (Lipinski definition) is 4. The van der Waals surface area contributed by atoms with Gasteiger partial charge in [-0.15, -0.1) is 50.5 Å². The quantitative estimate of drug-likeness (QED) is 0.392. The predicted octanol–water partition coefficient (Wildman–Crippen LogP) is 4.53. The second-order valence-corrected chi connectivity index (χ2v) is 4.90. The summed E-state index contributed by atoms with van der Waals surface area (Å²) in [5.74, 6) is 0. The van der Waals surface area contributed by atoms with Gasteiger partial charge in [0.25, 0.3) is 0 Å². The summed E-state index contributed by atoms with van der Waals surface area (Å²) >= 11 is 16.5. The fourth-order valence-corrected chi connectivity index (χ4v) is 1.57. The van der Waals surface area contributed by atoms with Crippen LogP contribution in [0.15, 0.2) is 68.1 Å². The Kier molecular flexibility index (Phi) is 9.47. The topological polar surface area (TPSA) is 0 Å². The van der Waals surface area contributed by atoms with Crippen LogP contribution in [0.3, 0.4) is 0 Å². The van der Waals surface area contributed by atoms with Crippen molar-refractivity contribution in [3.63, 3.8) is 0 Å². The van der Waals surface area contributed by atoms with Crippen LogP contribution in [-0.2, 0) is 16.5 Å². The molecule has 2 rings (SSSR count). The normalized spacial score (nSPS) is 8.71. The SMILES string of the molecule is Sc1ccccc1S.Sc1ccccc1S.[Ni+3]. The second kappa shape index (κ2) is 9.29. The number of hydrogen-bond donors (Lipinski definition) is 4. The molecule has 91 valence electrons. The van der Waals surface area contributed by atoms with Gasteiger partial charge in [-0.3, -0.25) is 0 Å². The van der Waals surface area contributed by atoms with Crippen molar-refractivity contribution in [3.05, 3.63) is 48.5 Å². The van der Waals surface area contributed by atoms with Crippen molar-refractivity contribution in [2.24, 2.45) is 0 Å². The van der Waals surface area contributed by atoms with Crippen LogP contribution in [0, 0.1) is 0 Å². The van der Waals surface area contributed by atoms with Crippen LogP contribution < -0.4 is 0 Å². The molecule has 0 bridgehead atoms. The first-order valence-corrected chi connectivity index (χ1v) is 6.34. The molecule has 5 heteroatoms. The molecule has 0 aliphatic rings. The van der Waals surface area contributed by atoms with Gasteiger partial charge in [-0.1, -0.05) is 24.3 Å². The van der Waals surface area contributed by atoms with Gasteiger partial charge in [0.05, 0.1) is 0 Å². The molecule has 1 radical (unpaired) electrons. The van der Waals surface area contributed by atoms with Crippen LogP contribution in [0.5, 0.6) is 0 Å². The van der Waals surface area contributed by atoms with E-state index in [2.05, 4.69) is 50.5 Å². The molecule has 2 aromatic rings. The minimum Gasteiger partial charge on any atom is -0.142 e. The van der Waals surface area contributed by atoms with Crippen LogP contribution in [0.25, 0.3) is 0 Å². The maximum Gasteiger partial charge on any atom is 3.00 e. The predicted molar refractivity (Wildman–Crippen MR) is 81.9 cm³/mol. The molecule has 2 aromatic carbocycles. The van der Waals surface area contributed by atoms with Gasteiger partial charge < -0.3 is 0 Å². The van der Waals surface area contributed by atoms with E-state index in [0.717, 1.165) is 19.6 Å². The molecule has 0 aliphatic carbocycles. The maximum absolute atomic E-state index is 4.12. The fourth-order valence-electron chi connectivity index (χ4n) is 0.928. The van der Waals surface area contributed by atoms with E-state index in [4.69, 9.17) is 0 Å². The molecule has 0 aliphatic heterocycles. The van der Waals surface area contributed by atoms with Crippen molar-refractivity contribution in [1.29, 1.82) is 0 Å². The zero-order valence-corrected chi connectivity index (χ0v) is 13.3. The van der Waals surface area contributed by atoms with Gasteiger partial charge in [0, 0.05) is 19.6 Å². The summed E-state index contributed by atoms with van der Waals surface area (Å²) in [5.41, 5.74) is 0. The summed E-state index contributed by atoms with van der Waals surface area (Å²) in [6, 6.07) is 15.4. The molecule has 0 atom stereocenters. The third-order valence-corrected chi connectivity index (χ3v) is 3.68. The van der Waals surface area contributed by atoms with Gasteiger partial charge in [0.1, 0.15) is 0 Å². The van der Waals surface area contributed by atoms with Gasteiger partial charge in [-0.25, -0.2) is 0 Å². The second-order valence-electron chi connectivity index (χ2n) is 2.98. The van der Waals surface area contributed by atoms with Crippen molar-refractivity contribution in [3.8, 4) is 0 Å². The van der Waals surface area contributed by atoms with Gasteiger partial charge in [0.15, 0.2) is 0 Å². The Hall–Kier alpha value is 0.334. The van der Waals surface area contributed by atoms with Crippen molar-refractivity contribution >= 4 is 50.5 Å². The summed E-state index contributed by atoms with van der Waals surface area (Å²) in [5, 5.41) is 0. The molecule has 0 N–H and O–H groups in total. The zero-order valence-electron chi connectivity index (χ0n) is 8.72. The Morgan fingerprint density at radius 3 is 0.765 bits per heavy atom. The summed E-state index contributed by atoms with van der Waals surface area (Å²) in [7, 11) is 0. The van der Waals surface area contributed by atoms with E-state index in [0.29, 0.717) is 0 Å². The van der Waals surface area contributed by atoms with Gasteiger partial charge >= 0.3 is 16.5 Å². The van der Waals surface area contributed by atoms with E-state index in [9.17, 15) is 0 Å². The maximum atomic E-state index is 4.12. The van der Waals surface area contributed by atoms with Gasteiger partial charge in [-0.05, 0) is 24.3 Å². The number of thiol groups is 4. The van der Waals surface area contributed by atoms with Crippen LogP contribution in [0.1, 0.15) is 0 Å². The van der Waals surface area contributed by atoms with E-state index in [1.807, 2.05) is 48.5 Å². The first-order valence-electron chi connectivity index (χ1n) is 4.55. The monoisotopic (exact) mass is 342 g/mol. The van der Waals surface area contributed by atoms with E-state index in [1.165, 1.54) is 0 Å². The molecule has 0 fully saturated rings. The van der Waals surface area contributed by atoms with Gasteiger partial charge in [0.2, 0.25) is 0 Å². The summed E-state index contributed by atoms with van der Waals surface area (Å²) in [4.78, 5) is 3.71. The zero-order chi connectivity index (χ0) is 12.0. The minimum absolute atomic E-state index is 0. The average molecular weight is 343 g/mol. The molecular formula is C12H12NiS4+3. The summed E-state index contributed by atoms with van der Waals surface area (Å²) < 4.78 is 0. The Morgan fingerprint density at radius 1 is 0.471 bits per heavy atom. The van der Waals surface area contributed by atoms with Crippen molar-refractivity contribution in [1.82, 2.24) is 0 Å². The van der Waals surface area contributed by atoms with Crippen LogP contribution in [0.4, 0.5) is 0 Å². The first-order chi connectivity index (χ1) is 7.61. The Morgan fingerprint density at radius 2 is 0.647 bits per heavy atom. The van der Waals surface area contributed by atoms with E-state index in [1.54, 1.807) is 0 Å². The minimum atomic E-state index is 0. The van der Waals surface area contributed by atoms with E-state index in [-0.39, 0.29) is 16.5 Å². The Balaban J connectivity index is 0.000000284. The van der Waals surface area contributed by atoms with Crippen LogP contribution in [0.2, 0.25) is 0 Å². The molecule has 0 unspecified atom stereocenters. The van der Waals surface area contributed by atoms with Crippen molar-refractivity contribution < 1.29 is 16.5 Å². The van der Waals surface area contributed by atoms with Crippen molar-refractivity contribution in [2.45, 2.75) is 19.6 Å². The Bertz CT molecular complexity index is 374. The van der Waals surface area contributed by atoms with Crippen LogP contribution in [-0.4, -0.2) is 0 Å². The molecule has 0 saturated carbocycles. The molecule has 17 heavy (non-hydrogen) atoms. The largest absolute Gasteiger partial charge is 3.00 e. The van der Waals surface area contributed by atoms with Crippen molar-refractivity contribution in [2.75, 3.05) is 0 Å². The molecule has 0 amide bonds. The van der Waals surface area contributed by atoms with E-state index < -0.39 is 0 Å². The molecule has 0 nitrogen and oxygen atoms in total. The first kappa shape index (κ1) is 17.3. The third kappa shape index (κ3) is 6.73. The van der Waals surface area contributed by atoms with Gasteiger partial charge in [-0.2, -0.15) is 0 Å².